The minimum absolute atomic E-state index is 0.114. The first-order chi connectivity index (χ1) is 15.1. The molecule has 166 valence electrons. The number of ether oxygens (including phenoxy) is 1. The van der Waals surface area contributed by atoms with Gasteiger partial charge < -0.3 is 10.1 Å². The van der Waals surface area contributed by atoms with Gasteiger partial charge in [0.15, 0.2) is 0 Å². The van der Waals surface area contributed by atoms with Crippen molar-refractivity contribution in [2.75, 3.05) is 20.2 Å². The third-order valence-electron chi connectivity index (χ3n) is 6.88. The van der Waals surface area contributed by atoms with Gasteiger partial charge in [0, 0.05) is 17.1 Å². The topological polar surface area (TPSA) is 41.6 Å². The molecule has 1 amide bonds. The Labute approximate surface area is 190 Å². The standard InChI is InChI=1S/C26H33ClN2O2/c1-31-23-5-2-4-21(17-23)18-26(30)28-24-6-3-7-25(24)29-14-12-20(13-15-29)16-19-8-10-22(27)11-9-19/h2,4-5,8-11,17,20,24-25H,3,6-7,12-16,18H2,1H3,(H,28,30). The van der Waals surface area contributed by atoms with E-state index in [-0.39, 0.29) is 11.9 Å². The number of amides is 1. The lowest BCUT2D eigenvalue weighted by atomic mass is 9.89. The maximum absolute atomic E-state index is 12.7. The van der Waals surface area contributed by atoms with Crippen molar-refractivity contribution in [2.24, 2.45) is 5.92 Å². The maximum Gasteiger partial charge on any atom is 0.224 e. The SMILES string of the molecule is COc1cccc(CC(=O)NC2CCCC2N2CCC(Cc3ccc(Cl)cc3)CC2)c1. The van der Waals surface area contributed by atoms with Crippen molar-refractivity contribution in [3.05, 3.63) is 64.7 Å². The highest BCUT2D eigenvalue weighted by molar-refractivity contribution is 6.30. The van der Waals surface area contributed by atoms with Gasteiger partial charge in [-0.2, -0.15) is 0 Å². The summed E-state index contributed by atoms with van der Waals surface area (Å²) in [6, 6.07) is 16.8. The van der Waals surface area contributed by atoms with Crippen molar-refractivity contribution in [3.63, 3.8) is 0 Å². The van der Waals surface area contributed by atoms with E-state index < -0.39 is 0 Å². The summed E-state index contributed by atoms with van der Waals surface area (Å²) >= 11 is 6.01. The molecule has 2 aliphatic rings. The number of nitrogens with zero attached hydrogens (tertiary/aromatic N) is 1. The number of halogens is 1. The molecule has 2 atom stereocenters. The van der Waals surface area contributed by atoms with Crippen molar-refractivity contribution in [3.8, 4) is 5.75 Å². The first-order valence-electron chi connectivity index (χ1n) is 11.5. The molecule has 5 heteroatoms. The van der Waals surface area contributed by atoms with Crippen LogP contribution in [-0.4, -0.2) is 43.1 Å². The number of carbonyl (C=O) groups excluding carboxylic acids is 1. The monoisotopic (exact) mass is 440 g/mol. The third-order valence-corrected chi connectivity index (χ3v) is 7.13. The van der Waals surface area contributed by atoms with Crippen LogP contribution in [0.15, 0.2) is 48.5 Å². The minimum Gasteiger partial charge on any atom is -0.497 e. The first-order valence-corrected chi connectivity index (χ1v) is 11.9. The van der Waals surface area contributed by atoms with E-state index in [1.807, 2.05) is 36.4 Å². The summed E-state index contributed by atoms with van der Waals surface area (Å²) in [4.78, 5) is 15.3. The Balaban J connectivity index is 1.26. The Morgan fingerprint density at radius 1 is 1.06 bits per heavy atom. The van der Waals surface area contributed by atoms with Crippen molar-refractivity contribution in [2.45, 2.75) is 57.0 Å². The maximum atomic E-state index is 12.7. The molecule has 0 aromatic heterocycles. The second-order valence-electron chi connectivity index (χ2n) is 9.01. The zero-order chi connectivity index (χ0) is 21.6. The summed E-state index contributed by atoms with van der Waals surface area (Å²) in [5.74, 6) is 1.65. The van der Waals surface area contributed by atoms with Gasteiger partial charge in [-0.3, -0.25) is 9.69 Å². The molecule has 1 aliphatic carbocycles. The second kappa shape index (κ2) is 10.5. The number of benzene rings is 2. The average Bonchev–Trinajstić information content (AvgIpc) is 3.24. The highest BCUT2D eigenvalue weighted by Crippen LogP contribution is 2.30. The minimum atomic E-state index is 0.114. The second-order valence-corrected chi connectivity index (χ2v) is 9.45. The summed E-state index contributed by atoms with van der Waals surface area (Å²) in [6.07, 6.45) is 7.46. The number of hydrogen-bond donors (Lipinski definition) is 1. The van der Waals surface area contributed by atoms with Gasteiger partial charge in [-0.15, -0.1) is 0 Å². The van der Waals surface area contributed by atoms with Crippen LogP contribution < -0.4 is 10.1 Å². The Kier molecular flexibility index (Phi) is 7.52. The van der Waals surface area contributed by atoms with Gasteiger partial charge >= 0.3 is 0 Å². The van der Waals surface area contributed by atoms with Crippen molar-refractivity contribution in [1.29, 1.82) is 0 Å². The Morgan fingerprint density at radius 2 is 1.84 bits per heavy atom. The van der Waals surface area contributed by atoms with Gasteiger partial charge in [-0.25, -0.2) is 0 Å². The van der Waals surface area contributed by atoms with Crippen LogP contribution in [0.4, 0.5) is 0 Å². The van der Waals surface area contributed by atoms with Gasteiger partial charge in [-0.05, 0) is 92.9 Å². The predicted octanol–water partition coefficient (Wildman–Crippen LogP) is 4.88. The number of carbonyl (C=O) groups is 1. The summed E-state index contributed by atoms with van der Waals surface area (Å²) < 4.78 is 5.27. The lowest BCUT2D eigenvalue weighted by molar-refractivity contribution is -0.121. The van der Waals surface area contributed by atoms with Gasteiger partial charge in [0.2, 0.25) is 5.91 Å². The van der Waals surface area contributed by atoms with E-state index in [1.165, 1.54) is 31.2 Å². The number of nitrogens with one attached hydrogen (secondary N) is 1. The normalized spacial score (nSPS) is 22.4. The molecule has 2 unspecified atom stereocenters. The number of piperidine rings is 1. The number of rotatable bonds is 7. The lowest BCUT2D eigenvalue weighted by Crippen LogP contribution is -2.51. The molecule has 0 radical (unpaired) electrons. The zero-order valence-corrected chi connectivity index (χ0v) is 19.1. The zero-order valence-electron chi connectivity index (χ0n) is 18.4. The molecule has 2 aromatic rings. The fourth-order valence-corrected chi connectivity index (χ4v) is 5.34. The van der Waals surface area contributed by atoms with E-state index in [0.29, 0.717) is 12.5 Å². The summed E-state index contributed by atoms with van der Waals surface area (Å²) in [5, 5.41) is 4.14. The lowest BCUT2D eigenvalue weighted by Gasteiger charge is -2.38. The third kappa shape index (κ3) is 6.02. The Hall–Kier alpha value is -2.04. The molecule has 0 bridgehead atoms. The molecule has 1 saturated carbocycles. The van der Waals surface area contributed by atoms with E-state index in [0.717, 1.165) is 48.2 Å². The number of methoxy groups -OCH3 is 1. The van der Waals surface area contributed by atoms with E-state index in [1.54, 1.807) is 7.11 Å². The molecule has 0 spiro atoms. The molecule has 31 heavy (non-hydrogen) atoms. The van der Waals surface area contributed by atoms with Gasteiger partial charge in [-0.1, -0.05) is 35.9 Å². The largest absolute Gasteiger partial charge is 0.497 e. The molecule has 2 fully saturated rings. The molecule has 1 saturated heterocycles. The molecular weight excluding hydrogens is 408 g/mol. The number of likely N-dealkylation sites (tertiary alicyclic amines) is 1. The van der Waals surface area contributed by atoms with Gasteiger partial charge in [0.1, 0.15) is 5.75 Å². The molecule has 1 heterocycles. The van der Waals surface area contributed by atoms with Crippen molar-refractivity contribution in [1.82, 2.24) is 10.2 Å². The highest BCUT2D eigenvalue weighted by Gasteiger charge is 2.34. The smallest absolute Gasteiger partial charge is 0.224 e. The Morgan fingerprint density at radius 3 is 2.58 bits per heavy atom. The molecule has 1 aliphatic heterocycles. The quantitative estimate of drug-likeness (QED) is 0.666. The highest BCUT2D eigenvalue weighted by atomic mass is 35.5. The van der Waals surface area contributed by atoms with E-state index in [9.17, 15) is 4.79 Å². The molecular formula is C26H33ClN2O2. The fourth-order valence-electron chi connectivity index (χ4n) is 5.21. The molecule has 4 nitrogen and oxygen atoms in total. The fraction of sp³-hybridized carbons (Fsp3) is 0.500. The Bertz CT molecular complexity index is 862. The predicted molar refractivity (Wildman–Crippen MR) is 126 cm³/mol. The van der Waals surface area contributed by atoms with E-state index >= 15 is 0 Å². The van der Waals surface area contributed by atoms with Gasteiger partial charge in [0.25, 0.3) is 0 Å². The van der Waals surface area contributed by atoms with Crippen LogP contribution in [0.1, 0.15) is 43.2 Å². The summed E-state index contributed by atoms with van der Waals surface area (Å²) in [7, 11) is 1.65. The summed E-state index contributed by atoms with van der Waals surface area (Å²) in [6.45, 7) is 2.26. The van der Waals surface area contributed by atoms with Crippen LogP contribution in [0.5, 0.6) is 5.75 Å². The van der Waals surface area contributed by atoms with Gasteiger partial charge in [0.05, 0.1) is 13.5 Å². The van der Waals surface area contributed by atoms with Crippen LogP contribution in [0, 0.1) is 5.92 Å². The van der Waals surface area contributed by atoms with Crippen LogP contribution in [-0.2, 0) is 17.6 Å². The van der Waals surface area contributed by atoms with Crippen LogP contribution in [0.25, 0.3) is 0 Å². The number of hydrogen-bond acceptors (Lipinski definition) is 3. The van der Waals surface area contributed by atoms with Crippen LogP contribution in [0.3, 0.4) is 0 Å². The summed E-state index contributed by atoms with van der Waals surface area (Å²) in [5.41, 5.74) is 2.38. The molecule has 4 rings (SSSR count). The average molecular weight is 441 g/mol. The van der Waals surface area contributed by atoms with Crippen LogP contribution in [0.2, 0.25) is 5.02 Å². The first kappa shape index (κ1) is 22.2. The van der Waals surface area contributed by atoms with Crippen molar-refractivity contribution >= 4 is 17.5 Å². The van der Waals surface area contributed by atoms with E-state index in [2.05, 4.69) is 22.3 Å². The molecule has 1 N–H and O–H groups in total. The van der Waals surface area contributed by atoms with Crippen LogP contribution >= 0.6 is 11.6 Å². The molecule has 2 aromatic carbocycles. The van der Waals surface area contributed by atoms with Crippen molar-refractivity contribution < 1.29 is 9.53 Å². The van der Waals surface area contributed by atoms with E-state index in [4.69, 9.17) is 16.3 Å².